The number of anilines is 1. The van der Waals surface area contributed by atoms with E-state index < -0.39 is 0 Å². The predicted octanol–water partition coefficient (Wildman–Crippen LogP) is 1.64. The van der Waals surface area contributed by atoms with Crippen LogP contribution in [0.2, 0.25) is 5.15 Å². The minimum Gasteiger partial charge on any atom is -0.380 e. The van der Waals surface area contributed by atoms with Gasteiger partial charge in [-0.05, 0) is 18.6 Å². The van der Waals surface area contributed by atoms with E-state index in [9.17, 15) is 4.79 Å². The first-order valence-corrected chi connectivity index (χ1v) is 6.31. The van der Waals surface area contributed by atoms with Crippen LogP contribution in [0.5, 0.6) is 0 Å². The van der Waals surface area contributed by atoms with Crippen LogP contribution in [0.1, 0.15) is 16.8 Å². The maximum atomic E-state index is 12.3. The first kappa shape index (κ1) is 13.1. The highest BCUT2D eigenvalue weighted by molar-refractivity contribution is 6.29. The summed E-state index contributed by atoms with van der Waals surface area (Å²) in [4.78, 5) is 18.2. The fourth-order valence-corrected chi connectivity index (χ4v) is 2.09. The van der Waals surface area contributed by atoms with E-state index in [-0.39, 0.29) is 5.91 Å². The average Bonchev–Trinajstić information content (AvgIpc) is 2.65. The molecule has 1 fully saturated rings. The van der Waals surface area contributed by atoms with Crippen LogP contribution in [-0.4, -0.2) is 49.1 Å². The zero-order valence-electron chi connectivity index (χ0n) is 10.3. The van der Waals surface area contributed by atoms with Crippen molar-refractivity contribution in [2.24, 2.45) is 0 Å². The van der Waals surface area contributed by atoms with E-state index in [1.807, 2.05) is 0 Å². The molecule has 1 aromatic heterocycles. The Balaban J connectivity index is 2.18. The summed E-state index contributed by atoms with van der Waals surface area (Å²) in [6, 6.07) is 3.30. The fourth-order valence-electron chi connectivity index (χ4n) is 1.88. The molecular weight excluding hydrogens is 254 g/mol. The third-order valence-electron chi connectivity index (χ3n) is 2.81. The van der Waals surface area contributed by atoms with Gasteiger partial charge in [-0.15, -0.1) is 0 Å². The lowest BCUT2D eigenvalue weighted by Gasteiger charge is -2.19. The number of nitrogens with one attached hydrogen (secondary N) is 1. The number of halogens is 1. The zero-order valence-corrected chi connectivity index (χ0v) is 11.0. The van der Waals surface area contributed by atoms with Crippen LogP contribution in [0.4, 0.5) is 5.82 Å². The Morgan fingerprint density at radius 1 is 1.44 bits per heavy atom. The van der Waals surface area contributed by atoms with Gasteiger partial charge in [0.25, 0.3) is 5.91 Å². The molecule has 1 N–H and O–H groups in total. The van der Waals surface area contributed by atoms with Crippen LogP contribution >= 0.6 is 11.6 Å². The molecular formula is C12H16ClN3O2. The van der Waals surface area contributed by atoms with Gasteiger partial charge in [0.2, 0.25) is 0 Å². The van der Waals surface area contributed by atoms with Crippen molar-refractivity contribution in [3.05, 3.63) is 22.8 Å². The predicted molar refractivity (Wildman–Crippen MR) is 70.1 cm³/mol. The van der Waals surface area contributed by atoms with Crippen LogP contribution in [-0.2, 0) is 4.74 Å². The van der Waals surface area contributed by atoms with E-state index in [4.69, 9.17) is 16.3 Å². The summed E-state index contributed by atoms with van der Waals surface area (Å²) in [6.07, 6.45) is 0.865. The number of hydrogen-bond donors (Lipinski definition) is 1. The number of carbonyl (C=O) groups is 1. The van der Waals surface area contributed by atoms with Gasteiger partial charge in [0, 0.05) is 32.3 Å². The lowest BCUT2D eigenvalue weighted by molar-refractivity contribution is 0.0741. The molecule has 98 valence electrons. The number of carbonyl (C=O) groups excluding carboxylic acids is 1. The Labute approximate surface area is 111 Å². The van der Waals surface area contributed by atoms with E-state index in [0.717, 1.165) is 6.42 Å². The van der Waals surface area contributed by atoms with Crippen molar-refractivity contribution < 1.29 is 9.53 Å². The third kappa shape index (κ3) is 3.11. The molecule has 1 aliphatic rings. The monoisotopic (exact) mass is 269 g/mol. The Hall–Kier alpha value is -1.33. The molecule has 2 rings (SSSR count). The normalized spacial score (nSPS) is 16.2. The molecule has 0 unspecified atom stereocenters. The SMILES string of the molecule is CNc1cc(C(=O)N2CCCOCC2)cc(Cl)n1. The van der Waals surface area contributed by atoms with E-state index in [1.165, 1.54) is 0 Å². The van der Waals surface area contributed by atoms with Gasteiger partial charge in [-0.1, -0.05) is 11.6 Å². The molecule has 6 heteroatoms. The highest BCUT2D eigenvalue weighted by Gasteiger charge is 2.18. The Morgan fingerprint density at radius 2 is 2.28 bits per heavy atom. The molecule has 1 amide bonds. The van der Waals surface area contributed by atoms with Gasteiger partial charge < -0.3 is 15.0 Å². The summed E-state index contributed by atoms with van der Waals surface area (Å²) in [5.74, 6) is 0.568. The Morgan fingerprint density at radius 3 is 3.06 bits per heavy atom. The number of pyridine rings is 1. The van der Waals surface area contributed by atoms with Crippen molar-refractivity contribution >= 4 is 23.3 Å². The largest absolute Gasteiger partial charge is 0.380 e. The quantitative estimate of drug-likeness (QED) is 0.830. The van der Waals surface area contributed by atoms with Gasteiger partial charge in [-0.2, -0.15) is 0 Å². The second-order valence-corrected chi connectivity index (χ2v) is 4.46. The van der Waals surface area contributed by atoms with Crippen LogP contribution in [0.25, 0.3) is 0 Å². The molecule has 0 spiro atoms. The number of aromatic nitrogens is 1. The van der Waals surface area contributed by atoms with Gasteiger partial charge in [0.05, 0.1) is 6.61 Å². The smallest absolute Gasteiger partial charge is 0.254 e. The molecule has 5 nitrogen and oxygen atoms in total. The number of rotatable bonds is 2. The van der Waals surface area contributed by atoms with Crippen LogP contribution in [0.3, 0.4) is 0 Å². The van der Waals surface area contributed by atoms with Crippen molar-refractivity contribution in [2.75, 3.05) is 38.7 Å². The average molecular weight is 270 g/mol. The highest BCUT2D eigenvalue weighted by atomic mass is 35.5. The number of ether oxygens (including phenoxy) is 1. The zero-order chi connectivity index (χ0) is 13.0. The van der Waals surface area contributed by atoms with Gasteiger partial charge in [0.1, 0.15) is 11.0 Å². The lowest BCUT2D eigenvalue weighted by atomic mass is 10.2. The molecule has 0 atom stereocenters. The Bertz CT molecular complexity index is 431. The molecule has 2 heterocycles. The molecule has 1 aromatic rings. The van der Waals surface area contributed by atoms with Crippen molar-refractivity contribution in [1.82, 2.24) is 9.88 Å². The Kier molecular flexibility index (Phi) is 4.38. The molecule has 0 aliphatic carbocycles. The number of nitrogens with zero attached hydrogens (tertiary/aromatic N) is 2. The van der Waals surface area contributed by atoms with Crippen molar-refractivity contribution in [1.29, 1.82) is 0 Å². The van der Waals surface area contributed by atoms with Crippen LogP contribution in [0, 0.1) is 0 Å². The summed E-state index contributed by atoms with van der Waals surface area (Å²) in [7, 11) is 1.74. The highest BCUT2D eigenvalue weighted by Crippen LogP contribution is 2.16. The summed E-state index contributed by atoms with van der Waals surface area (Å²) in [5.41, 5.74) is 0.557. The topological polar surface area (TPSA) is 54.5 Å². The summed E-state index contributed by atoms with van der Waals surface area (Å²) in [6.45, 7) is 2.63. The van der Waals surface area contributed by atoms with Crippen LogP contribution in [0.15, 0.2) is 12.1 Å². The molecule has 0 bridgehead atoms. The van der Waals surface area contributed by atoms with E-state index in [1.54, 1.807) is 24.1 Å². The molecule has 1 saturated heterocycles. The van der Waals surface area contributed by atoms with Crippen molar-refractivity contribution in [3.63, 3.8) is 0 Å². The van der Waals surface area contributed by atoms with Crippen LogP contribution < -0.4 is 5.32 Å². The minimum atomic E-state index is -0.0266. The van der Waals surface area contributed by atoms with E-state index in [0.29, 0.717) is 42.8 Å². The first-order chi connectivity index (χ1) is 8.70. The summed E-state index contributed by atoms with van der Waals surface area (Å²) < 4.78 is 5.33. The second kappa shape index (κ2) is 6.02. The third-order valence-corrected chi connectivity index (χ3v) is 3.00. The van der Waals surface area contributed by atoms with Gasteiger partial charge in [-0.3, -0.25) is 4.79 Å². The first-order valence-electron chi connectivity index (χ1n) is 5.93. The van der Waals surface area contributed by atoms with Gasteiger partial charge in [-0.25, -0.2) is 4.98 Å². The number of hydrogen-bond acceptors (Lipinski definition) is 4. The minimum absolute atomic E-state index is 0.0266. The molecule has 1 aliphatic heterocycles. The van der Waals surface area contributed by atoms with Crippen molar-refractivity contribution in [2.45, 2.75) is 6.42 Å². The lowest BCUT2D eigenvalue weighted by Crippen LogP contribution is -2.33. The van der Waals surface area contributed by atoms with Crippen molar-refractivity contribution in [3.8, 4) is 0 Å². The molecule has 18 heavy (non-hydrogen) atoms. The molecule has 0 saturated carbocycles. The summed E-state index contributed by atoms with van der Waals surface area (Å²) in [5, 5.41) is 3.20. The fraction of sp³-hybridized carbons (Fsp3) is 0.500. The standard InChI is InChI=1S/C12H16ClN3O2/c1-14-11-8-9(7-10(13)15-11)12(17)16-3-2-5-18-6-4-16/h7-8H,2-6H2,1H3,(H,14,15). The van der Waals surface area contributed by atoms with E-state index >= 15 is 0 Å². The molecule has 0 aromatic carbocycles. The second-order valence-electron chi connectivity index (χ2n) is 4.07. The van der Waals surface area contributed by atoms with E-state index in [2.05, 4.69) is 10.3 Å². The maximum absolute atomic E-state index is 12.3. The summed E-state index contributed by atoms with van der Waals surface area (Å²) >= 11 is 5.90. The van der Waals surface area contributed by atoms with Gasteiger partial charge in [0.15, 0.2) is 0 Å². The maximum Gasteiger partial charge on any atom is 0.254 e. The number of amides is 1. The van der Waals surface area contributed by atoms with Gasteiger partial charge >= 0.3 is 0 Å². The molecule has 0 radical (unpaired) electrons.